The van der Waals surface area contributed by atoms with Crippen LogP contribution in [-0.2, 0) is 6.54 Å². The van der Waals surface area contributed by atoms with E-state index in [1.54, 1.807) is 0 Å². The largest absolute Gasteiger partial charge is 0.281 e. The molecule has 3 aromatic heterocycles. The predicted octanol–water partition coefficient (Wildman–Crippen LogP) is 4.20. The first kappa shape index (κ1) is 16.3. The zero-order valence-corrected chi connectivity index (χ0v) is 14.1. The molecular formula is C20H22N4. The van der Waals surface area contributed by atoms with Crippen LogP contribution >= 0.6 is 0 Å². The van der Waals surface area contributed by atoms with Crippen LogP contribution in [0.25, 0.3) is 0 Å². The van der Waals surface area contributed by atoms with Crippen LogP contribution in [0.2, 0.25) is 0 Å². The Hall–Kier alpha value is -2.59. The molecule has 0 fully saturated rings. The minimum Gasteiger partial charge on any atom is -0.281 e. The molecule has 24 heavy (non-hydrogen) atoms. The molecule has 0 radical (unpaired) electrons. The number of aromatic nitrogens is 3. The Kier molecular flexibility index (Phi) is 5.29. The minimum absolute atomic E-state index is 0.158. The first-order chi connectivity index (χ1) is 11.8. The van der Waals surface area contributed by atoms with Gasteiger partial charge in [-0.3, -0.25) is 19.9 Å². The van der Waals surface area contributed by atoms with E-state index in [0.717, 1.165) is 23.6 Å². The third-order valence-corrected chi connectivity index (χ3v) is 4.30. The molecular weight excluding hydrogens is 296 g/mol. The summed E-state index contributed by atoms with van der Waals surface area (Å²) >= 11 is 0. The fraction of sp³-hybridized carbons (Fsp3) is 0.250. The van der Waals surface area contributed by atoms with E-state index in [4.69, 9.17) is 0 Å². The van der Waals surface area contributed by atoms with Gasteiger partial charge in [-0.05, 0) is 50.2 Å². The van der Waals surface area contributed by atoms with E-state index in [1.165, 1.54) is 0 Å². The molecule has 0 saturated carbocycles. The third-order valence-electron chi connectivity index (χ3n) is 4.30. The van der Waals surface area contributed by atoms with Crippen LogP contribution in [0.5, 0.6) is 0 Å². The molecule has 2 atom stereocenters. The van der Waals surface area contributed by atoms with Crippen molar-refractivity contribution in [3.05, 3.63) is 90.3 Å². The van der Waals surface area contributed by atoms with Crippen molar-refractivity contribution in [2.24, 2.45) is 0 Å². The Morgan fingerprint density at radius 2 is 1.21 bits per heavy atom. The highest BCUT2D eigenvalue weighted by Crippen LogP contribution is 2.30. The van der Waals surface area contributed by atoms with E-state index in [9.17, 15) is 0 Å². The second-order valence-corrected chi connectivity index (χ2v) is 5.85. The molecule has 4 nitrogen and oxygen atoms in total. The lowest BCUT2D eigenvalue weighted by atomic mass is 10.1. The topological polar surface area (TPSA) is 41.9 Å². The fourth-order valence-electron chi connectivity index (χ4n) is 2.87. The molecule has 3 rings (SSSR count). The second-order valence-electron chi connectivity index (χ2n) is 5.85. The Bertz CT molecular complexity index is 686. The summed E-state index contributed by atoms with van der Waals surface area (Å²) in [5.74, 6) is 0. The van der Waals surface area contributed by atoms with Gasteiger partial charge < -0.3 is 0 Å². The summed E-state index contributed by atoms with van der Waals surface area (Å²) in [6.45, 7) is 5.12. The zero-order valence-electron chi connectivity index (χ0n) is 14.1. The number of rotatable bonds is 6. The van der Waals surface area contributed by atoms with E-state index in [1.807, 2.05) is 55.0 Å². The van der Waals surface area contributed by atoms with Crippen LogP contribution in [0.1, 0.15) is 43.0 Å². The lowest BCUT2D eigenvalue weighted by molar-refractivity contribution is 0.137. The highest BCUT2D eigenvalue weighted by molar-refractivity contribution is 5.14. The van der Waals surface area contributed by atoms with Crippen LogP contribution in [0, 0.1) is 0 Å². The molecule has 0 spiro atoms. The van der Waals surface area contributed by atoms with E-state index in [0.29, 0.717) is 0 Å². The van der Waals surface area contributed by atoms with Gasteiger partial charge in [-0.1, -0.05) is 18.2 Å². The molecule has 122 valence electrons. The molecule has 0 unspecified atom stereocenters. The maximum atomic E-state index is 4.53. The summed E-state index contributed by atoms with van der Waals surface area (Å²) in [6, 6.07) is 18.4. The lowest BCUT2D eigenvalue weighted by Crippen LogP contribution is -2.31. The Labute approximate surface area is 143 Å². The quantitative estimate of drug-likeness (QED) is 0.683. The van der Waals surface area contributed by atoms with Gasteiger partial charge in [-0.15, -0.1) is 0 Å². The van der Waals surface area contributed by atoms with Crippen molar-refractivity contribution in [3.63, 3.8) is 0 Å². The molecule has 3 aromatic rings. The Balaban J connectivity index is 1.91. The Morgan fingerprint density at radius 3 is 1.62 bits per heavy atom. The van der Waals surface area contributed by atoms with Crippen LogP contribution < -0.4 is 0 Å². The minimum atomic E-state index is 0.158. The van der Waals surface area contributed by atoms with Gasteiger partial charge in [0, 0.05) is 25.1 Å². The molecule has 3 heterocycles. The van der Waals surface area contributed by atoms with E-state index < -0.39 is 0 Å². The monoisotopic (exact) mass is 318 g/mol. The summed E-state index contributed by atoms with van der Waals surface area (Å²) in [6.07, 6.45) is 5.52. The third kappa shape index (κ3) is 3.84. The van der Waals surface area contributed by atoms with Crippen LogP contribution in [0.15, 0.2) is 73.2 Å². The maximum absolute atomic E-state index is 4.53. The molecule has 4 heteroatoms. The van der Waals surface area contributed by atoms with Crippen LogP contribution in [0.3, 0.4) is 0 Å². The SMILES string of the molecule is C[C@H](c1ccccn1)N(Cc1ccccn1)[C@H](C)c1ccccn1. The average Bonchev–Trinajstić information content (AvgIpc) is 2.67. The smallest absolute Gasteiger partial charge is 0.0572 e. The van der Waals surface area contributed by atoms with Crippen LogP contribution in [0.4, 0.5) is 0 Å². The first-order valence-corrected chi connectivity index (χ1v) is 8.23. The maximum Gasteiger partial charge on any atom is 0.0572 e. The van der Waals surface area contributed by atoms with Gasteiger partial charge >= 0.3 is 0 Å². The molecule has 0 saturated heterocycles. The van der Waals surface area contributed by atoms with Crippen molar-refractivity contribution in [2.45, 2.75) is 32.5 Å². The Morgan fingerprint density at radius 1 is 0.708 bits per heavy atom. The van der Waals surface area contributed by atoms with Crippen molar-refractivity contribution in [1.82, 2.24) is 19.9 Å². The number of hydrogen-bond acceptors (Lipinski definition) is 4. The van der Waals surface area contributed by atoms with Gasteiger partial charge in [0.1, 0.15) is 0 Å². The molecule has 0 aliphatic rings. The summed E-state index contributed by atoms with van der Waals surface area (Å²) in [7, 11) is 0. The molecule has 0 amide bonds. The van der Waals surface area contributed by atoms with E-state index in [-0.39, 0.29) is 12.1 Å². The van der Waals surface area contributed by atoms with Gasteiger partial charge in [0.2, 0.25) is 0 Å². The number of nitrogens with zero attached hydrogens (tertiary/aromatic N) is 4. The second kappa shape index (κ2) is 7.79. The first-order valence-electron chi connectivity index (χ1n) is 8.23. The van der Waals surface area contributed by atoms with Crippen molar-refractivity contribution < 1.29 is 0 Å². The molecule has 0 bridgehead atoms. The van der Waals surface area contributed by atoms with Gasteiger partial charge in [0.25, 0.3) is 0 Å². The number of hydrogen-bond donors (Lipinski definition) is 0. The van der Waals surface area contributed by atoms with Crippen molar-refractivity contribution in [3.8, 4) is 0 Å². The van der Waals surface area contributed by atoms with Gasteiger partial charge in [-0.2, -0.15) is 0 Å². The molecule has 0 N–H and O–H groups in total. The summed E-state index contributed by atoms with van der Waals surface area (Å²) < 4.78 is 0. The van der Waals surface area contributed by atoms with Gasteiger partial charge in [0.15, 0.2) is 0 Å². The predicted molar refractivity (Wildman–Crippen MR) is 95.1 cm³/mol. The highest BCUT2D eigenvalue weighted by atomic mass is 15.2. The standard InChI is InChI=1S/C20H22N4/c1-16(19-10-4-7-13-22-19)24(15-18-9-3-6-12-21-18)17(2)20-11-5-8-14-23-20/h3-14,16-17H,15H2,1-2H3/t16-,17-/m1/s1. The normalized spacial score (nSPS) is 13.6. The summed E-state index contributed by atoms with van der Waals surface area (Å²) in [5, 5.41) is 0. The van der Waals surface area contributed by atoms with Gasteiger partial charge in [0.05, 0.1) is 29.2 Å². The molecule has 0 aliphatic heterocycles. The van der Waals surface area contributed by atoms with E-state index in [2.05, 4.69) is 51.9 Å². The zero-order chi connectivity index (χ0) is 16.8. The fourth-order valence-corrected chi connectivity index (χ4v) is 2.87. The van der Waals surface area contributed by atoms with Crippen molar-refractivity contribution in [2.75, 3.05) is 0 Å². The van der Waals surface area contributed by atoms with E-state index >= 15 is 0 Å². The van der Waals surface area contributed by atoms with Gasteiger partial charge in [-0.25, -0.2) is 0 Å². The van der Waals surface area contributed by atoms with Crippen molar-refractivity contribution in [1.29, 1.82) is 0 Å². The average molecular weight is 318 g/mol. The summed E-state index contributed by atoms with van der Waals surface area (Å²) in [5.41, 5.74) is 3.15. The molecule has 0 aliphatic carbocycles. The molecule has 0 aromatic carbocycles. The van der Waals surface area contributed by atoms with Crippen LogP contribution in [-0.4, -0.2) is 19.9 Å². The summed E-state index contributed by atoms with van der Waals surface area (Å²) in [4.78, 5) is 15.9. The van der Waals surface area contributed by atoms with Crippen molar-refractivity contribution >= 4 is 0 Å². The number of pyridine rings is 3. The lowest BCUT2D eigenvalue weighted by Gasteiger charge is -2.33. The highest BCUT2D eigenvalue weighted by Gasteiger charge is 2.24.